The van der Waals surface area contributed by atoms with Crippen LogP contribution in [-0.4, -0.2) is 58.5 Å². The zero-order valence-corrected chi connectivity index (χ0v) is 17.3. The number of halogens is 1. The third-order valence-corrected chi connectivity index (χ3v) is 4.46. The Labute approximate surface area is 180 Å². The molecular formula is C22H24ClN3O4. The fraction of sp³-hybridized carbons (Fsp3) is 0.227. The molecule has 1 saturated heterocycles. The molecule has 1 fully saturated rings. The van der Waals surface area contributed by atoms with Gasteiger partial charge in [-0.25, -0.2) is 14.6 Å². The summed E-state index contributed by atoms with van der Waals surface area (Å²) in [4.78, 5) is 28.5. The molecule has 0 amide bonds. The van der Waals surface area contributed by atoms with Crippen LogP contribution in [0.4, 0.5) is 11.4 Å². The van der Waals surface area contributed by atoms with E-state index in [4.69, 9.17) is 26.8 Å². The van der Waals surface area contributed by atoms with E-state index in [1.807, 2.05) is 36.4 Å². The summed E-state index contributed by atoms with van der Waals surface area (Å²) >= 11 is 6.00. The number of anilines is 1. The second-order valence-electron chi connectivity index (χ2n) is 6.47. The minimum atomic E-state index is -1.26. The minimum absolute atomic E-state index is 0.354. The normalized spacial score (nSPS) is 17.1. The van der Waals surface area contributed by atoms with E-state index in [9.17, 15) is 9.59 Å². The maximum absolute atomic E-state index is 9.55. The van der Waals surface area contributed by atoms with Crippen LogP contribution in [0, 0.1) is 0 Å². The number of nitrogens with zero attached hydrogens (tertiary/aromatic N) is 3. The summed E-state index contributed by atoms with van der Waals surface area (Å²) in [5.41, 5.74) is 2.13. The number of guanidine groups is 1. The van der Waals surface area contributed by atoms with Crippen LogP contribution < -0.4 is 4.90 Å². The van der Waals surface area contributed by atoms with E-state index in [1.165, 1.54) is 0 Å². The zero-order valence-electron chi connectivity index (χ0n) is 16.6. The number of carbonyl (C=O) groups is 2. The highest BCUT2D eigenvalue weighted by atomic mass is 35.5. The van der Waals surface area contributed by atoms with Gasteiger partial charge in [-0.3, -0.25) is 0 Å². The summed E-state index contributed by atoms with van der Waals surface area (Å²) in [6.07, 6.45) is 2.05. The molecule has 0 aromatic heterocycles. The van der Waals surface area contributed by atoms with Gasteiger partial charge in [0.1, 0.15) is 0 Å². The quantitative estimate of drug-likeness (QED) is 0.535. The van der Waals surface area contributed by atoms with Crippen LogP contribution in [0.3, 0.4) is 0 Å². The monoisotopic (exact) mass is 429 g/mol. The average molecular weight is 430 g/mol. The Bertz CT molecular complexity index is 872. The van der Waals surface area contributed by atoms with Crippen molar-refractivity contribution in [3.05, 3.63) is 72.8 Å². The molecular weight excluding hydrogens is 406 g/mol. The van der Waals surface area contributed by atoms with Crippen LogP contribution in [0.2, 0.25) is 0 Å². The third-order valence-electron chi connectivity index (χ3n) is 4.24. The van der Waals surface area contributed by atoms with E-state index in [0.717, 1.165) is 30.3 Å². The molecule has 0 saturated carbocycles. The molecule has 1 unspecified atom stereocenters. The van der Waals surface area contributed by atoms with Crippen molar-refractivity contribution in [1.82, 2.24) is 4.90 Å². The Morgan fingerprint density at radius 3 is 2.07 bits per heavy atom. The van der Waals surface area contributed by atoms with Gasteiger partial charge < -0.3 is 20.0 Å². The van der Waals surface area contributed by atoms with Gasteiger partial charge in [-0.2, -0.15) is 0 Å². The molecule has 2 N–H and O–H groups in total. The highest BCUT2D eigenvalue weighted by molar-refractivity contribution is 6.18. The first kappa shape index (κ1) is 23.0. The lowest BCUT2D eigenvalue weighted by Gasteiger charge is -2.25. The molecule has 1 aliphatic rings. The number of para-hydroxylation sites is 2. The summed E-state index contributed by atoms with van der Waals surface area (Å²) < 4.78 is 0. The molecule has 1 atom stereocenters. The predicted molar refractivity (Wildman–Crippen MR) is 119 cm³/mol. The zero-order chi connectivity index (χ0) is 21.9. The summed E-state index contributed by atoms with van der Waals surface area (Å²) in [5.74, 6) is -0.882. The smallest absolute Gasteiger partial charge is 0.328 e. The molecule has 0 radical (unpaired) electrons. The lowest BCUT2D eigenvalue weighted by molar-refractivity contribution is -0.134. The molecule has 2 aromatic carbocycles. The second kappa shape index (κ2) is 11.6. The van der Waals surface area contributed by atoms with Crippen molar-refractivity contribution in [1.29, 1.82) is 0 Å². The number of hydrogen-bond acceptors (Lipinski definition) is 3. The van der Waals surface area contributed by atoms with Crippen molar-refractivity contribution in [2.24, 2.45) is 4.99 Å². The Kier molecular flexibility index (Phi) is 8.90. The molecule has 0 spiro atoms. The number of aliphatic carboxylic acids is 2. The van der Waals surface area contributed by atoms with Gasteiger partial charge in [0, 0.05) is 37.3 Å². The molecule has 8 heteroatoms. The first-order chi connectivity index (χ1) is 14.4. The average Bonchev–Trinajstić information content (AvgIpc) is 3.03. The third kappa shape index (κ3) is 6.93. The van der Waals surface area contributed by atoms with Gasteiger partial charge in [0.05, 0.1) is 11.7 Å². The number of likely N-dealkylation sites (N-methyl/N-ethyl adjacent to an activating group) is 1. The van der Waals surface area contributed by atoms with Crippen LogP contribution in [0.15, 0.2) is 77.8 Å². The Hall–Kier alpha value is -3.32. The van der Waals surface area contributed by atoms with Crippen molar-refractivity contribution in [3.63, 3.8) is 0 Å². The first-order valence-electron chi connectivity index (χ1n) is 9.31. The number of aliphatic imine (C=N–C) groups is 1. The van der Waals surface area contributed by atoms with Crippen molar-refractivity contribution >= 4 is 40.9 Å². The summed E-state index contributed by atoms with van der Waals surface area (Å²) in [7, 11) is 2.09. The first-order valence-corrected chi connectivity index (χ1v) is 9.85. The molecule has 0 bridgehead atoms. The van der Waals surface area contributed by atoms with Gasteiger partial charge in [0.25, 0.3) is 0 Å². The van der Waals surface area contributed by atoms with E-state index in [-0.39, 0.29) is 0 Å². The topological polar surface area (TPSA) is 93.4 Å². The number of alkyl halides is 1. The minimum Gasteiger partial charge on any atom is -0.478 e. The highest BCUT2D eigenvalue weighted by Crippen LogP contribution is 2.27. The van der Waals surface area contributed by atoms with Crippen LogP contribution in [-0.2, 0) is 9.59 Å². The van der Waals surface area contributed by atoms with Crippen molar-refractivity contribution in [2.75, 3.05) is 24.4 Å². The standard InChI is InChI=1S/C18H20ClN3.C4H4O4/c1-21-14-17(12-13-19)22(16-10-6-3-7-11-16)18(21)20-15-8-4-2-5-9-15;5-3(6)1-2-4(7)8/h2-11,17H,12-14H2,1H3;1-2H,(H,5,6)(H,7,8)/b20-18-;2-1+. The molecule has 3 rings (SSSR count). The van der Waals surface area contributed by atoms with Gasteiger partial charge in [0.15, 0.2) is 0 Å². The van der Waals surface area contributed by atoms with Gasteiger partial charge in [-0.15, -0.1) is 11.6 Å². The Morgan fingerprint density at radius 1 is 1.03 bits per heavy atom. The largest absolute Gasteiger partial charge is 0.478 e. The number of rotatable bonds is 6. The molecule has 7 nitrogen and oxygen atoms in total. The fourth-order valence-corrected chi connectivity index (χ4v) is 3.24. The maximum Gasteiger partial charge on any atom is 0.328 e. The summed E-state index contributed by atoms with van der Waals surface area (Å²) in [6.45, 7) is 0.938. The van der Waals surface area contributed by atoms with Crippen LogP contribution in [0.25, 0.3) is 0 Å². The molecule has 0 aliphatic carbocycles. The van der Waals surface area contributed by atoms with Crippen LogP contribution in [0.5, 0.6) is 0 Å². The molecule has 1 aliphatic heterocycles. The fourth-order valence-electron chi connectivity index (χ4n) is 2.99. The summed E-state index contributed by atoms with van der Waals surface area (Å²) in [6, 6.07) is 20.8. The van der Waals surface area contributed by atoms with E-state index in [0.29, 0.717) is 24.1 Å². The van der Waals surface area contributed by atoms with Gasteiger partial charge in [-0.05, 0) is 30.7 Å². The lowest BCUT2D eigenvalue weighted by atomic mass is 10.2. The molecule has 1 heterocycles. The predicted octanol–water partition coefficient (Wildman–Crippen LogP) is 3.84. The van der Waals surface area contributed by atoms with E-state index < -0.39 is 11.9 Å². The SMILES string of the molecule is CN1CC(CCCl)N(c2ccccc2)/C1=N\c1ccccc1.O=C(O)/C=C/C(=O)O. The Morgan fingerprint density at radius 2 is 1.57 bits per heavy atom. The van der Waals surface area contributed by atoms with Gasteiger partial charge in [0.2, 0.25) is 5.96 Å². The number of hydrogen-bond donors (Lipinski definition) is 2. The van der Waals surface area contributed by atoms with Crippen molar-refractivity contribution < 1.29 is 19.8 Å². The maximum atomic E-state index is 9.55. The van der Waals surface area contributed by atoms with Crippen molar-refractivity contribution in [2.45, 2.75) is 12.5 Å². The van der Waals surface area contributed by atoms with Crippen LogP contribution >= 0.6 is 11.6 Å². The summed E-state index contributed by atoms with van der Waals surface area (Å²) in [5, 5.41) is 15.6. The number of carboxylic acid groups (broad SMARTS) is 2. The molecule has 30 heavy (non-hydrogen) atoms. The van der Waals surface area contributed by atoms with E-state index >= 15 is 0 Å². The number of benzene rings is 2. The lowest BCUT2D eigenvalue weighted by Crippen LogP contribution is -2.35. The van der Waals surface area contributed by atoms with Crippen molar-refractivity contribution in [3.8, 4) is 0 Å². The van der Waals surface area contributed by atoms with E-state index in [2.05, 4.69) is 41.1 Å². The Balaban J connectivity index is 0.000000343. The van der Waals surface area contributed by atoms with Gasteiger partial charge >= 0.3 is 11.9 Å². The molecule has 2 aromatic rings. The van der Waals surface area contributed by atoms with Crippen LogP contribution in [0.1, 0.15) is 6.42 Å². The molecule has 158 valence electrons. The van der Waals surface area contributed by atoms with Gasteiger partial charge in [-0.1, -0.05) is 36.4 Å². The van der Waals surface area contributed by atoms with E-state index in [1.54, 1.807) is 0 Å². The highest BCUT2D eigenvalue weighted by Gasteiger charge is 2.34. The second-order valence-corrected chi connectivity index (χ2v) is 6.85. The number of carboxylic acids is 2.